The summed E-state index contributed by atoms with van der Waals surface area (Å²) in [6.07, 6.45) is 0.713. The van der Waals surface area contributed by atoms with Crippen molar-refractivity contribution in [1.82, 2.24) is 15.2 Å². The Morgan fingerprint density at radius 1 is 1.21 bits per heavy atom. The highest BCUT2D eigenvalue weighted by Crippen LogP contribution is 2.34. The largest absolute Gasteiger partial charge is 0.480 e. The summed E-state index contributed by atoms with van der Waals surface area (Å²) in [5, 5.41) is 23.5. The minimum Gasteiger partial charge on any atom is -0.480 e. The standard InChI is InChI=1S/C19H19ClN4O2S2/c1-19(2,17(25)26)28-18-22-14(11-27-18)9-10-21-16-8-7-15(23-24-16)12-3-5-13(20)6-4-12/h3-8,11H,9-10H2,1-2H3,(H,21,24)(H,25,26). The van der Waals surface area contributed by atoms with E-state index >= 15 is 0 Å². The van der Waals surface area contributed by atoms with Crippen molar-refractivity contribution in [2.45, 2.75) is 29.4 Å². The molecule has 0 radical (unpaired) electrons. The Balaban J connectivity index is 1.51. The van der Waals surface area contributed by atoms with Crippen LogP contribution in [0.3, 0.4) is 0 Å². The van der Waals surface area contributed by atoms with E-state index < -0.39 is 10.7 Å². The van der Waals surface area contributed by atoms with Gasteiger partial charge >= 0.3 is 5.97 Å². The molecule has 146 valence electrons. The molecule has 2 aromatic heterocycles. The van der Waals surface area contributed by atoms with Gasteiger partial charge in [-0.1, -0.05) is 35.5 Å². The predicted molar refractivity (Wildman–Crippen MR) is 114 cm³/mol. The van der Waals surface area contributed by atoms with Gasteiger partial charge in [0.15, 0.2) is 4.34 Å². The van der Waals surface area contributed by atoms with E-state index in [4.69, 9.17) is 11.6 Å². The number of carbonyl (C=O) groups is 1. The van der Waals surface area contributed by atoms with E-state index in [1.165, 1.54) is 23.1 Å². The molecule has 0 unspecified atom stereocenters. The number of hydrogen-bond acceptors (Lipinski definition) is 7. The van der Waals surface area contributed by atoms with Crippen molar-refractivity contribution < 1.29 is 9.90 Å². The van der Waals surface area contributed by atoms with Crippen molar-refractivity contribution in [3.05, 3.63) is 52.5 Å². The van der Waals surface area contributed by atoms with Crippen LogP contribution in [0.4, 0.5) is 5.82 Å². The minimum atomic E-state index is -0.894. The molecule has 0 bridgehead atoms. The third kappa shape index (κ3) is 5.43. The van der Waals surface area contributed by atoms with Crippen molar-refractivity contribution in [3.8, 4) is 11.3 Å². The Morgan fingerprint density at radius 2 is 1.96 bits per heavy atom. The smallest absolute Gasteiger partial charge is 0.319 e. The maximum Gasteiger partial charge on any atom is 0.319 e. The molecule has 0 fully saturated rings. The Bertz CT molecular complexity index is 943. The average Bonchev–Trinajstić information content (AvgIpc) is 3.09. The van der Waals surface area contributed by atoms with Gasteiger partial charge in [-0.15, -0.1) is 21.5 Å². The number of aromatic nitrogens is 3. The molecule has 0 aliphatic heterocycles. The summed E-state index contributed by atoms with van der Waals surface area (Å²) in [5.74, 6) is -0.161. The Hall–Kier alpha value is -2.16. The normalized spacial score (nSPS) is 11.4. The number of anilines is 1. The lowest BCUT2D eigenvalue weighted by Crippen LogP contribution is -2.26. The van der Waals surface area contributed by atoms with E-state index in [1.807, 2.05) is 41.8 Å². The van der Waals surface area contributed by atoms with Crippen LogP contribution >= 0.6 is 34.7 Å². The molecule has 0 amide bonds. The molecule has 0 aliphatic rings. The molecule has 0 spiro atoms. The number of benzene rings is 1. The topological polar surface area (TPSA) is 88.0 Å². The van der Waals surface area contributed by atoms with Crippen molar-refractivity contribution in [1.29, 1.82) is 0 Å². The molecule has 0 atom stereocenters. The van der Waals surface area contributed by atoms with Crippen LogP contribution in [0.2, 0.25) is 5.02 Å². The molecule has 0 saturated heterocycles. The van der Waals surface area contributed by atoms with E-state index in [-0.39, 0.29) is 0 Å². The molecule has 2 heterocycles. The highest BCUT2D eigenvalue weighted by atomic mass is 35.5. The van der Waals surface area contributed by atoms with Gasteiger partial charge in [0, 0.05) is 28.9 Å². The molecule has 9 heteroatoms. The number of nitrogens with zero attached hydrogens (tertiary/aromatic N) is 3. The molecule has 0 saturated carbocycles. The summed E-state index contributed by atoms with van der Waals surface area (Å²) < 4.78 is -0.135. The maximum atomic E-state index is 11.2. The number of carboxylic acids is 1. The van der Waals surface area contributed by atoms with Gasteiger partial charge in [-0.3, -0.25) is 4.79 Å². The minimum absolute atomic E-state index is 0.658. The van der Waals surface area contributed by atoms with Crippen molar-refractivity contribution in [2.75, 3.05) is 11.9 Å². The van der Waals surface area contributed by atoms with E-state index in [1.54, 1.807) is 13.8 Å². The van der Waals surface area contributed by atoms with E-state index in [0.717, 1.165) is 21.3 Å². The second-order valence-corrected chi connectivity index (χ2v) is 9.67. The molecule has 0 aliphatic carbocycles. The van der Waals surface area contributed by atoms with Crippen molar-refractivity contribution in [2.24, 2.45) is 0 Å². The van der Waals surface area contributed by atoms with Crippen LogP contribution in [0.25, 0.3) is 11.3 Å². The lowest BCUT2D eigenvalue weighted by molar-refractivity contribution is -0.138. The zero-order valence-corrected chi connectivity index (χ0v) is 17.7. The second kappa shape index (κ2) is 8.89. The second-order valence-electron chi connectivity index (χ2n) is 6.51. The quantitative estimate of drug-likeness (QED) is 0.489. The Morgan fingerprint density at radius 3 is 2.61 bits per heavy atom. The summed E-state index contributed by atoms with van der Waals surface area (Å²) in [6, 6.07) is 11.2. The zero-order chi connectivity index (χ0) is 20.1. The van der Waals surface area contributed by atoms with Crippen molar-refractivity contribution in [3.63, 3.8) is 0 Å². The average molecular weight is 435 g/mol. The monoisotopic (exact) mass is 434 g/mol. The number of aliphatic carboxylic acids is 1. The number of rotatable bonds is 8. The molecule has 28 heavy (non-hydrogen) atoms. The van der Waals surface area contributed by atoms with E-state index in [0.29, 0.717) is 23.8 Å². The number of thioether (sulfide) groups is 1. The maximum absolute atomic E-state index is 11.2. The number of hydrogen-bond donors (Lipinski definition) is 2. The Kier molecular flexibility index (Phi) is 6.53. The van der Waals surface area contributed by atoms with Gasteiger partial charge in [-0.25, -0.2) is 4.98 Å². The SMILES string of the molecule is CC(C)(Sc1nc(CCNc2ccc(-c3ccc(Cl)cc3)nn2)cs1)C(=O)O. The lowest BCUT2D eigenvalue weighted by Gasteiger charge is -2.15. The molecular weight excluding hydrogens is 416 g/mol. The third-order valence-corrected chi connectivity index (χ3v) is 6.30. The summed E-state index contributed by atoms with van der Waals surface area (Å²) >= 11 is 8.63. The fraction of sp³-hybridized carbons (Fsp3) is 0.263. The van der Waals surface area contributed by atoms with Crippen LogP contribution in [-0.4, -0.2) is 37.5 Å². The van der Waals surface area contributed by atoms with Crippen molar-refractivity contribution >= 4 is 46.5 Å². The number of carboxylic acid groups (broad SMARTS) is 1. The fourth-order valence-electron chi connectivity index (χ4n) is 2.23. The van der Waals surface area contributed by atoms with Gasteiger partial charge in [0.2, 0.25) is 0 Å². The molecule has 3 aromatic rings. The van der Waals surface area contributed by atoms with Gasteiger partial charge in [0.05, 0.1) is 11.4 Å². The number of halogens is 1. The summed E-state index contributed by atoms with van der Waals surface area (Å²) in [7, 11) is 0. The van der Waals surface area contributed by atoms with E-state index in [2.05, 4.69) is 20.5 Å². The number of nitrogens with one attached hydrogen (secondary N) is 1. The molecule has 1 aromatic carbocycles. The predicted octanol–water partition coefficient (Wildman–Crippen LogP) is 4.86. The van der Waals surface area contributed by atoms with Gasteiger partial charge in [-0.05, 0) is 38.1 Å². The first kappa shape index (κ1) is 20.6. The van der Waals surface area contributed by atoms with Crippen LogP contribution in [0.1, 0.15) is 19.5 Å². The molecular formula is C19H19ClN4O2S2. The zero-order valence-electron chi connectivity index (χ0n) is 15.3. The third-order valence-electron chi connectivity index (χ3n) is 3.88. The van der Waals surface area contributed by atoms with E-state index in [9.17, 15) is 9.90 Å². The summed E-state index contributed by atoms with van der Waals surface area (Å²) in [6.45, 7) is 4.01. The van der Waals surface area contributed by atoms with Gasteiger partial charge in [-0.2, -0.15) is 0 Å². The van der Waals surface area contributed by atoms with Crippen LogP contribution in [0.5, 0.6) is 0 Å². The highest BCUT2D eigenvalue weighted by Gasteiger charge is 2.29. The van der Waals surface area contributed by atoms with Gasteiger partial charge in [0.1, 0.15) is 10.6 Å². The Labute approximate surface area is 176 Å². The molecule has 6 nitrogen and oxygen atoms in total. The molecule has 2 N–H and O–H groups in total. The first-order chi connectivity index (χ1) is 13.3. The van der Waals surface area contributed by atoms with Crippen LogP contribution < -0.4 is 5.32 Å². The summed E-state index contributed by atoms with van der Waals surface area (Å²) in [4.78, 5) is 15.7. The first-order valence-corrected chi connectivity index (χ1v) is 10.6. The van der Waals surface area contributed by atoms with Crippen LogP contribution in [0, 0.1) is 0 Å². The fourth-order valence-corrected chi connectivity index (χ4v) is 4.58. The van der Waals surface area contributed by atoms with Gasteiger partial charge in [0.25, 0.3) is 0 Å². The van der Waals surface area contributed by atoms with Gasteiger partial charge < -0.3 is 10.4 Å². The number of thiazole rings is 1. The molecule has 3 rings (SSSR count). The van der Waals surface area contributed by atoms with Crippen LogP contribution in [-0.2, 0) is 11.2 Å². The van der Waals surface area contributed by atoms with Crippen LogP contribution in [0.15, 0.2) is 46.1 Å². The first-order valence-electron chi connectivity index (χ1n) is 8.54. The summed E-state index contributed by atoms with van der Waals surface area (Å²) in [5.41, 5.74) is 2.66. The highest BCUT2D eigenvalue weighted by molar-refractivity contribution is 8.02. The lowest BCUT2D eigenvalue weighted by atomic mass is 10.1.